The topological polar surface area (TPSA) is 67.6 Å². The van der Waals surface area contributed by atoms with Gasteiger partial charge in [0.1, 0.15) is 0 Å². The number of allylic oxidation sites excluding steroid dienone is 1. The molecule has 0 unspecified atom stereocenters. The van der Waals surface area contributed by atoms with Gasteiger partial charge in [0.15, 0.2) is 5.11 Å². The minimum Gasteiger partial charge on any atom is -0.463 e. The number of carbonyl (C=O) groups is 1. The molecule has 2 rings (SSSR count). The van der Waals surface area contributed by atoms with Crippen molar-refractivity contribution in [2.45, 2.75) is 19.9 Å². The highest BCUT2D eigenvalue weighted by molar-refractivity contribution is 7.80. The maximum Gasteiger partial charge on any atom is 0.338 e. The number of hydrazine groups is 1. The lowest BCUT2D eigenvalue weighted by molar-refractivity contribution is -0.139. The molecule has 0 spiro atoms. The van der Waals surface area contributed by atoms with E-state index in [9.17, 15) is 4.79 Å². The van der Waals surface area contributed by atoms with Gasteiger partial charge in [0.25, 0.3) is 0 Å². The van der Waals surface area contributed by atoms with Crippen LogP contribution in [0.3, 0.4) is 0 Å². The van der Waals surface area contributed by atoms with E-state index in [0.29, 0.717) is 23.0 Å². The first-order valence-electron chi connectivity index (χ1n) is 6.34. The van der Waals surface area contributed by atoms with E-state index in [0.717, 1.165) is 5.56 Å². The van der Waals surface area contributed by atoms with Crippen LogP contribution in [-0.4, -0.2) is 22.7 Å². The molecule has 106 valence electrons. The molecule has 0 bridgehead atoms. The van der Waals surface area contributed by atoms with Gasteiger partial charge >= 0.3 is 5.97 Å². The second kappa shape index (κ2) is 6.02. The summed E-state index contributed by atoms with van der Waals surface area (Å²) in [7, 11) is 0. The van der Waals surface area contributed by atoms with E-state index in [-0.39, 0.29) is 12.0 Å². The first-order chi connectivity index (χ1) is 9.56. The zero-order valence-corrected chi connectivity index (χ0v) is 12.2. The molecule has 1 aromatic carbocycles. The van der Waals surface area contributed by atoms with Crippen LogP contribution in [0.15, 0.2) is 41.6 Å². The lowest BCUT2D eigenvalue weighted by Crippen LogP contribution is -2.50. The number of hydrogen-bond donors (Lipinski definition) is 2. The maximum absolute atomic E-state index is 12.2. The molecule has 1 aromatic rings. The average Bonchev–Trinajstić information content (AvgIpc) is 2.45. The first kappa shape index (κ1) is 14.5. The van der Waals surface area contributed by atoms with Gasteiger partial charge in [0.2, 0.25) is 0 Å². The summed E-state index contributed by atoms with van der Waals surface area (Å²) < 4.78 is 5.12. The highest BCUT2D eigenvalue weighted by atomic mass is 32.1. The minimum atomic E-state index is -0.385. The molecule has 20 heavy (non-hydrogen) atoms. The molecule has 0 aromatic heterocycles. The Morgan fingerprint density at radius 1 is 1.45 bits per heavy atom. The van der Waals surface area contributed by atoms with Crippen LogP contribution in [0, 0.1) is 0 Å². The van der Waals surface area contributed by atoms with Crippen LogP contribution < -0.4 is 11.2 Å². The molecule has 0 amide bonds. The first-order valence-corrected chi connectivity index (χ1v) is 6.75. The minimum absolute atomic E-state index is 0.312. The van der Waals surface area contributed by atoms with E-state index in [1.807, 2.05) is 30.3 Å². The molecule has 0 saturated carbocycles. The number of esters is 1. The fraction of sp³-hybridized carbons (Fsp3) is 0.286. The summed E-state index contributed by atoms with van der Waals surface area (Å²) in [5.41, 5.74) is 2.01. The van der Waals surface area contributed by atoms with E-state index in [4.69, 9.17) is 22.8 Å². The molecule has 1 heterocycles. The smallest absolute Gasteiger partial charge is 0.338 e. The van der Waals surface area contributed by atoms with Crippen LogP contribution in [0.1, 0.15) is 25.5 Å². The molecule has 3 N–H and O–H groups in total. The molecular formula is C14H17N3O2S. The van der Waals surface area contributed by atoms with Gasteiger partial charge in [-0.05, 0) is 31.6 Å². The summed E-state index contributed by atoms with van der Waals surface area (Å²) in [6.45, 7) is 3.84. The van der Waals surface area contributed by atoms with Crippen LogP contribution in [-0.2, 0) is 9.53 Å². The monoisotopic (exact) mass is 291 g/mol. The highest BCUT2D eigenvalue weighted by Gasteiger charge is 2.33. The summed E-state index contributed by atoms with van der Waals surface area (Å²) in [6, 6.07) is 9.25. The number of rotatable bonds is 3. The van der Waals surface area contributed by atoms with Gasteiger partial charge < -0.3 is 10.1 Å². The number of nitrogens with one attached hydrogen (secondary N) is 1. The standard InChI is InChI=1S/C14H17N3O2S/c1-3-19-13(18)11-9(2)17(15)14(20)16-12(11)10-7-5-4-6-8-10/h4-8,12H,3,15H2,1-2H3,(H,16,20)/t12-/m1/s1. The van der Waals surface area contributed by atoms with Gasteiger partial charge in [-0.25, -0.2) is 10.6 Å². The van der Waals surface area contributed by atoms with E-state index >= 15 is 0 Å². The summed E-state index contributed by atoms with van der Waals surface area (Å²) in [5, 5.41) is 4.75. The van der Waals surface area contributed by atoms with Crippen molar-refractivity contribution in [3.63, 3.8) is 0 Å². The van der Waals surface area contributed by atoms with Crippen molar-refractivity contribution >= 4 is 23.3 Å². The number of carbonyl (C=O) groups excluding carboxylic acids is 1. The summed E-state index contributed by atoms with van der Waals surface area (Å²) in [6.07, 6.45) is 0. The Kier molecular flexibility index (Phi) is 4.36. The third kappa shape index (κ3) is 2.66. The molecule has 6 heteroatoms. The zero-order valence-electron chi connectivity index (χ0n) is 11.4. The second-order valence-electron chi connectivity index (χ2n) is 4.38. The average molecular weight is 291 g/mol. The molecule has 1 aliphatic rings. The zero-order chi connectivity index (χ0) is 14.7. The summed E-state index contributed by atoms with van der Waals surface area (Å²) >= 11 is 5.19. The van der Waals surface area contributed by atoms with Crippen molar-refractivity contribution in [3.05, 3.63) is 47.2 Å². The number of hydrogen-bond acceptors (Lipinski definition) is 4. The van der Waals surface area contributed by atoms with Crippen molar-refractivity contribution < 1.29 is 9.53 Å². The van der Waals surface area contributed by atoms with Crippen LogP contribution >= 0.6 is 12.2 Å². The molecule has 0 aliphatic carbocycles. The quantitative estimate of drug-likeness (QED) is 0.501. The lowest BCUT2D eigenvalue weighted by Gasteiger charge is -2.34. The van der Waals surface area contributed by atoms with Gasteiger partial charge in [-0.2, -0.15) is 0 Å². The predicted octanol–water partition coefficient (Wildman–Crippen LogP) is 1.63. The van der Waals surface area contributed by atoms with Crippen LogP contribution in [0.25, 0.3) is 0 Å². The number of nitrogens with two attached hydrogens (primary N) is 1. The maximum atomic E-state index is 12.2. The Morgan fingerprint density at radius 2 is 2.10 bits per heavy atom. The third-order valence-electron chi connectivity index (χ3n) is 3.15. The van der Waals surface area contributed by atoms with Gasteiger partial charge in [-0.1, -0.05) is 30.3 Å². The molecule has 0 saturated heterocycles. The molecule has 0 radical (unpaired) electrons. The Bertz CT molecular complexity index is 557. The normalized spacial score (nSPS) is 18.9. The predicted molar refractivity (Wildman–Crippen MR) is 80.3 cm³/mol. The second-order valence-corrected chi connectivity index (χ2v) is 4.77. The van der Waals surface area contributed by atoms with Crippen molar-refractivity contribution in [3.8, 4) is 0 Å². The van der Waals surface area contributed by atoms with Gasteiger partial charge in [0.05, 0.1) is 18.2 Å². The summed E-state index contributed by atoms with van der Waals surface area (Å²) in [4.78, 5) is 12.2. The Morgan fingerprint density at radius 3 is 2.70 bits per heavy atom. The molecular weight excluding hydrogens is 274 g/mol. The van der Waals surface area contributed by atoms with E-state index in [2.05, 4.69) is 5.32 Å². The number of ether oxygens (including phenoxy) is 1. The van der Waals surface area contributed by atoms with Gasteiger partial charge in [-0.15, -0.1) is 0 Å². The van der Waals surface area contributed by atoms with Gasteiger partial charge in [-0.3, -0.25) is 5.01 Å². The lowest BCUT2D eigenvalue weighted by atomic mass is 9.95. The van der Waals surface area contributed by atoms with Crippen molar-refractivity contribution in [1.29, 1.82) is 0 Å². The SMILES string of the molecule is CCOC(=O)C1=C(C)N(N)C(=S)N[C@@H]1c1ccccc1. The molecule has 5 nitrogen and oxygen atoms in total. The number of nitrogens with zero attached hydrogens (tertiary/aromatic N) is 1. The third-order valence-corrected chi connectivity index (χ3v) is 3.47. The highest BCUT2D eigenvalue weighted by Crippen LogP contribution is 2.29. The van der Waals surface area contributed by atoms with Crippen molar-refractivity contribution in [2.75, 3.05) is 6.61 Å². The number of thiocarbonyl (C=S) groups is 1. The Labute approximate surface area is 123 Å². The Balaban J connectivity index is 2.48. The van der Waals surface area contributed by atoms with Crippen LogP contribution in [0.2, 0.25) is 0 Å². The molecule has 1 atom stereocenters. The Hall–Kier alpha value is -1.92. The van der Waals surface area contributed by atoms with Gasteiger partial charge in [0, 0.05) is 5.70 Å². The fourth-order valence-electron chi connectivity index (χ4n) is 2.13. The largest absolute Gasteiger partial charge is 0.463 e. The number of benzene rings is 1. The van der Waals surface area contributed by atoms with E-state index < -0.39 is 0 Å². The van der Waals surface area contributed by atoms with Crippen molar-refractivity contribution in [2.24, 2.45) is 5.84 Å². The van der Waals surface area contributed by atoms with Crippen LogP contribution in [0.4, 0.5) is 0 Å². The van der Waals surface area contributed by atoms with E-state index in [1.165, 1.54) is 5.01 Å². The van der Waals surface area contributed by atoms with Crippen molar-refractivity contribution in [1.82, 2.24) is 10.3 Å². The van der Waals surface area contributed by atoms with E-state index in [1.54, 1.807) is 13.8 Å². The van der Waals surface area contributed by atoms with Crippen LogP contribution in [0.5, 0.6) is 0 Å². The molecule has 0 fully saturated rings. The fourth-order valence-corrected chi connectivity index (χ4v) is 2.38. The summed E-state index contributed by atoms with van der Waals surface area (Å²) in [5.74, 6) is 5.47. The molecule has 1 aliphatic heterocycles.